The Kier molecular flexibility index (Phi) is 4.40. The Morgan fingerprint density at radius 3 is 2.17 bits per heavy atom. The van der Waals surface area contributed by atoms with Crippen molar-refractivity contribution in [2.45, 2.75) is 12.3 Å². The molecule has 0 aromatic heterocycles. The molecular formula is C15H12Cl2O. The van der Waals surface area contributed by atoms with Gasteiger partial charge in [-0.2, -0.15) is 0 Å². The van der Waals surface area contributed by atoms with Gasteiger partial charge in [0, 0.05) is 16.0 Å². The van der Waals surface area contributed by atoms with Crippen LogP contribution in [0.15, 0.2) is 48.5 Å². The molecule has 0 aliphatic heterocycles. The zero-order valence-corrected chi connectivity index (χ0v) is 11.2. The molecule has 2 rings (SSSR count). The van der Waals surface area contributed by atoms with E-state index in [1.807, 2.05) is 42.5 Å². The van der Waals surface area contributed by atoms with Crippen LogP contribution >= 0.6 is 23.2 Å². The van der Waals surface area contributed by atoms with Crippen molar-refractivity contribution in [1.82, 2.24) is 0 Å². The van der Waals surface area contributed by atoms with Crippen LogP contribution in [0.3, 0.4) is 0 Å². The third-order valence-corrected chi connectivity index (χ3v) is 3.58. The van der Waals surface area contributed by atoms with Crippen LogP contribution in [0.1, 0.15) is 17.0 Å². The summed E-state index contributed by atoms with van der Waals surface area (Å²) in [6, 6.07) is 14.9. The fraction of sp³-hybridized carbons (Fsp3) is 0.133. The van der Waals surface area contributed by atoms with Crippen LogP contribution in [0.2, 0.25) is 10.0 Å². The highest BCUT2D eigenvalue weighted by Crippen LogP contribution is 2.28. The summed E-state index contributed by atoms with van der Waals surface area (Å²) in [5.41, 5.74) is 1.80. The van der Waals surface area contributed by atoms with Gasteiger partial charge in [-0.25, -0.2) is 0 Å². The molecule has 18 heavy (non-hydrogen) atoms. The first-order valence-corrected chi connectivity index (χ1v) is 6.41. The number of rotatable bonds is 4. The Hall–Kier alpha value is -1.31. The molecule has 0 saturated heterocycles. The number of halogens is 2. The number of carbonyl (C=O) groups excluding carboxylic acids is 1. The average molecular weight is 279 g/mol. The number of aldehydes is 1. The van der Waals surface area contributed by atoms with Gasteiger partial charge in [-0.05, 0) is 29.7 Å². The lowest BCUT2D eigenvalue weighted by Gasteiger charge is -2.13. The minimum absolute atomic E-state index is 0.265. The summed E-state index contributed by atoms with van der Waals surface area (Å²) in [5, 5.41) is 1.29. The predicted octanol–water partition coefficient (Wildman–Crippen LogP) is 4.52. The number of benzene rings is 2. The van der Waals surface area contributed by atoms with Gasteiger partial charge in [0.15, 0.2) is 0 Å². The quantitative estimate of drug-likeness (QED) is 0.752. The van der Waals surface area contributed by atoms with Crippen molar-refractivity contribution in [2.75, 3.05) is 0 Å². The SMILES string of the molecule is O=CC(Cc1ccccc1Cl)c1ccccc1Cl. The molecule has 0 aliphatic carbocycles. The summed E-state index contributed by atoms with van der Waals surface area (Å²) in [6.07, 6.45) is 1.48. The highest BCUT2D eigenvalue weighted by atomic mass is 35.5. The van der Waals surface area contributed by atoms with Crippen LogP contribution in [0.4, 0.5) is 0 Å². The summed E-state index contributed by atoms with van der Waals surface area (Å²) < 4.78 is 0. The zero-order valence-electron chi connectivity index (χ0n) is 9.64. The Balaban J connectivity index is 2.29. The van der Waals surface area contributed by atoms with E-state index in [0.29, 0.717) is 16.5 Å². The molecule has 0 fully saturated rings. The average Bonchev–Trinajstić information content (AvgIpc) is 2.39. The summed E-state index contributed by atoms with van der Waals surface area (Å²) in [7, 11) is 0. The fourth-order valence-electron chi connectivity index (χ4n) is 1.91. The molecule has 0 heterocycles. The maximum absolute atomic E-state index is 11.3. The molecule has 0 amide bonds. The minimum Gasteiger partial charge on any atom is -0.303 e. The topological polar surface area (TPSA) is 17.1 Å². The lowest BCUT2D eigenvalue weighted by atomic mass is 9.93. The lowest BCUT2D eigenvalue weighted by Crippen LogP contribution is -2.05. The summed E-state index contributed by atoms with van der Waals surface area (Å²) in [4.78, 5) is 11.3. The van der Waals surface area contributed by atoms with E-state index in [9.17, 15) is 4.79 Å². The smallest absolute Gasteiger partial charge is 0.127 e. The van der Waals surface area contributed by atoms with Gasteiger partial charge in [0.2, 0.25) is 0 Å². The molecule has 1 unspecified atom stereocenters. The zero-order chi connectivity index (χ0) is 13.0. The Labute approximate surface area is 116 Å². The minimum atomic E-state index is -0.265. The molecule has 0 aliphatic rings. The van der Waals surface area contributed by atoms with Gasteiger partial charge in [0.05, 0.1) is 0 Å². The molecule has 0 spiro atoms. The van der Waals surface area contributed by atoms with Crippen LogP contribution in [-0.2, 0) is 11.2 Å². The first-order chi connectivity index (χ1) is 8.72. The van der Waals surface area contributed by atoms with Crippen molar-refractivity contribution in [1.29, 1.82) is 0 Å². The van der Waals surface area contributed by atoms with Gasteiger partial charge in [-0.1, -0.05) is 59.6 Å². The highest BCUT2D eigenvalue weighted by molar-refractivity contribution is 6.32. The summed E-state index contributed by atoms with van der Waals surface area (Å²) >= 11 is 12.2. The Morgan fingerprint density at radius 2 is 1.56 bits per heavy atom. The fourth-order valence-corrected chi connectivity index (χ4v) is 2.40. The maximum Gasteiger partial charge on any atom is 0.127 e. The number of hydrogen-bond acceptors (Lipinski definition) is 1. The standard InChI is InChI=1S/C15H12Cl2O/c16-14-7-3-1-5-11(14)9-12(10-18)13-6-2-4-8-15(13)17/h1-8,10,12H,9H2. The second kappa shape index (κ2) is 6.03. The highest BCUT2D eigenvalue weighted by Gasteiger charge is 2.15. The molecule has 0 radical (unpaired) electrons. The third-order valence-electron chi connectivity index (χ3n) is 2.87. The van der Waals surface area contributed by atoms with Gasteiger partial charge in [0.25, 0.3) is 0 Å². The maximum atomic E-state index is 11.3. The predicted molar refractivity (Wildman–Crippen MR) is 75.4 cm³/mol. The van der Waals surface area contributed by atoms with Crippen molar-refractivity contribution >= 4 is 29.5 Å². The Morgan fingerprint density at radius 1 is 0.944 bits per heavy atom. The van der Waals surface area contributed by atoms with Crippen LogP contribution in [0.5, 0.6) is 0 Å². The van der Waals surface area contributed by atoms with Gasteiger partial charge >= 0.3 is 0 Å². The van der Waals surface area contributed by atoms with E-state index in [-0.39, 0.29) is 5.92 Å². The normalized spacial score (nSPS) is 12.1. The Bertz CT molecular complexity index is 552. The monoisotopic (exact) mass is 278 g/mol. The molecule has 92 valence electrons. The first-order valence-electron chi connectivity index (χ1n) is 5.65. The van der Waals surface area contributed by atoms with Crippen molar-refractivity contribution in [3.05, 3.63) is 69.7 Å². The second-order valence-electron chi connectivity index (χ2n) is 4.06. The molecule has 1 atom stereocenters. The van der Waals surface area contributed by atoms with E-state index in [0.717, 1.165) is 17.4 Å². The molecule has 2 aromatic carbocycles. The lowest BCUT2D eigenvalue weighted by molar-refractivity contribution is -0.109. The van der Waals surface area contributed by atoms with Crippen molar-refractivity contribution in [3.8, 4) is 0 Å². The molecule has 0 N–H and O–H groups in total. The van der Waals surface area contributed by atoms with Crippen molar-refractivity contribution < 1.29 is 4.79 Å². The number of carbonyl (C=O) groups is 1. The largest absolute Gasteiger partial charge is 0.303 e. The molecule has 0 saturated carbocycles. The molecular weight excluding hydrogens is 267 g/mol. The van der Waals surface area contributed by atoms with E-state index >= 15 is 0 Å². The van der Waals surface area contributed by atoms with E-state index < -0.39 is 0 Å². The van der Waals surface area contributed by atoms with E-state index in [1.54, 1.807) is 6.07 Å². The van der Waals surface area contributed by atoms with Gasteiger partial charge < -0.3 is 4.79 Å². The number of hydrogen-bond donors (Lipinski definition) is 0. The van der Waals surface area contributed by atoms with Crippen LogP contribution in [0, 0.1) is 0 Å². The van der Waals surface area contributed by atoms with Crippen LogP contribution < -0.4 is 0 Å². The van der Waals surface area contributed by atoms with Gasteiger partial charge in [0.1, 0.15) is 6.29 Å². The van der Waals surface area contributed by atoms with E-state index in [1.165, 1.54) is 0 Å². The molecule has 0 bridgehead atoms. The van der Waals surface area contributed by atoms with Gasteiger partial charge in [-0.3, -0.25) is 0 Å². The molecule has 2 aromatic rings. The van der Waals surface area contributed by atoms with Gasteiger partial charge in [-0.15, -0.1) is 0 Å². The first kappa shape index (κ1) is 13.1. The van der Waals surface area contributed by atoms with E-state index in [2.05, 4.69) is 0 Å². The van der Waals surface area contributed by atoms with Crippen LogP contribution in [0.25, 0.3) is 0 Å². The molecule has 3 heteroatoms. The molecule has 1 nitrogen and oxygen atoms in total. The summed E-state index contributed by atoms with van der Waals surface area (Å²) in [5.74, 6) is -0.265. The summed E-state index contributed by atoms with van der Waals surface area (Å²) in [6.45, 7) is 0. The van der Waals surface area contributed by atoms with Crippen molar-refractivity contribution in [3.63, 3.8) is 0 Å². The van der Waals surface area contributed by atoms with Crippen molar-refractivity contribution in [2.24, 2.45) is 0 Å². The van der Waals surface area contributed by atoms with E-state index in [4.69, 9.17) is 23.2 Å². The second-order valence-corrected chi connectivity index (χ2v) is 4.87. The van der Waals surface area contributed by atoms with Crippen LogP contribution in [-0.4, -0.2) is 6.29 Å². The third kappa shape index (κ3) is 2.92.